The molecule has 2 heterocycles. The van der Waals surface area contributed by atoms with Crippen molar-refractivity contribution in [3.8, 4) is 17.3 Å². The van der Waals surface area contributed by atoms with E-state index in [0.29, 0.717) is 12.2 Å². The maximum atomic E-state index is 12.6. The van der Waals surface area contributed by atoms with E-state index in [2.05, 4.69) is 35.8 Å². The fourth-order valence-corrected chi connectivity index (χ4v) is 2.49. The number of benzene rings is 1. The number of hydrogen-bond acceptors (Lipinski definition) is 10. The van der Waals surface area contributed by atoms with Gasteiger partial charge in [-0.2, -0.15) is 9.78 Å². The van der Waals surface area contributed by atoms with Gasteiger partial charge < -0.3 is 20.5 Å². The average molecular weight is 401 g/mol. The molecule has 2 aromatic heterocycles. The minimum absolute atomic E-state index is 0.0101. The Hall–Kier alpha value is -4.00. The van der Waals surface area contributed by atoms with Crippen LogP contribution >= 0.6 is 0 Å². The molecule has 13 heteroatoms. The number of ether oxygens (including phenoxy) is 1. The number of quaternary nitrogens is 1. The molecule has 13 nitrogen and oxygen atoms in total. The van der Waals surface area contributed by atoms with E-state index in [-0.39, 0.29) is 34.4 Å². The molecule has 0 atom stereocenters. The summed E-state index contributed by atoms with van der Waals surface area (Å²) in [7, 11) is 5.18. The first kappa shape index (κ1) is 19.8. The quantitative estimate of drug-likeness (QED) is 0.291. The Balaban J connectivity index is 1.84. The first-order chi connectivity index (χ1) is 13.9. The molecule has 0 spiro atoms. The molecule has 0 unspecified atom stereocenters. The van der Waals surface area contributed by atoms with Gasteiger partial charge in [0.15, 0.2) is 5.69 Å². The third kappa shape index (κ3) is 4.14. The third-order valence-corrected chi connectivity index (χ3v) is 3.79. The van der Waals surface area contributed by atoms with Gasteiger partial charge in [0.1, 0.15) is 18.0 Å². The molecule has 0 aliphatic carbocycles. The summed E-state index contributed by atoms with van der Waals surface area (Å²) >= 11 is 0. The van der Waals surface area contributed by atoms with Crippen molar-refractivity contribution in [3.63, 3.8) is 0 Å². The SMILES string of the molecule is COc1cccc(C=NNC(=O)c2nnn(-c3nonc3N)c2C[NH+](C)C)c1[O-]. The lowest BCUT2D eigenvalue weighted by Gasteiger charge is -2.14. The van der Waals surface area contributed by atoms with Gasteiger partial charge in [-0.25, -0.2) is 10.1 Å². The van der Waals surface area contributed by atoms with E-state index in [1.54, 1.807) is 12.1 Å². The van der Waals surface area contributed by atoms with Gasteiger partial charge in [0.25, 0.3) is 5.91 Å². The number of anilines is 1. The average Bonchev–Trinajstić information content (AvgIpc) is 3.28. The molecule has 152 valence electrons. The standard InChI is InChI=1S/C16H19N9O4/c1-24(2)8-10-12(19-23-25(10)15-14(17)21-29-22-15)16(27)20-18-7-9-5-4-6-11(28-3)13(9)26/h4-7,26H,8H2,1-3H3,(H2,17,21)(H,20,27). The predicted octanol–water partition coefficient (Wildman–Crippen LogP) is -2.28. The van der Waals surface area contributed by atoms with Crippen molar-refractivity contribution in [2.75, 3.05) is 26.9 Å². The number of nitrogens with one attached hydrogen (secondary N) is 2. The molecule has 0 aliphatic rings. The van der Waals surface area contributed by atoms with Gasteiger partial charge in [0.2, 0.25) is 11.6 Å². The normalized spacial score (nSPS) is 11.3. The van der Waals surface area contributed by atoms with Crippen molar-refractivity contribution in [2.24, 2.45) is 5.10 Å². The maximum Gasteiger partial charge on any atom is 0.294 e. The minimum Gasteiger partial charge on any atom is -0.870 e. The van der Waals surface area contributed by atoms with Gasteiger partial charge in [-0.1, -0.05) is 23.1 Å². The van der Waals surface area contributed by atoms with Gasteiger partial charge in [-0.15, -0.1) is 5.10 Å². The van der Waals surface area contributed by atoms with Crippen LogP contribution in [0.5, 0.6) is 11.5 Å². The van der Waals surface area contributed by atoms with Gasteiger partial charge in [-0.3, -0.25) is 4.79 Å². The zero-order valence-corrected chi connectivity index (χ0v) is 15.9. The fourth-order valence-electron chi connectivity index (χ4n) is 2.49. The van der Waals surface area contributed by atoms with Crippen LogP contribution in [0.3, 0.4) is 0 Å². The highest BCUT2D eigenvalue weighted by molar-refractivity contribution is 5.94. The zero-order chi connectivity index (χ0) is 21.0. The van der Waals surface area contributed by atoms with Crippen molar-refractivity contribution in [2.45, 2.75) is 6.54 Å². The molecule has 0 saturated heterocycles. The second-order valence-corrected chi connectivity index (χ2v) is 6.23. The second-order valence-electron chi connectivity index (χ2n) is 6.23. The Morgan fingerprint density at radius 3 is 2.90 bits per heavy atom. The van der Waals surface area contributed by atoms with Gasteiger partial charge in [0, 0.05) is 0 Å². The lowest BCUT2D eigenvalue weighted by molar-refractivity contribution is -0.873. The number of rotatable bonds is 7. The summed E-state index contributed by atoms with van der Waals surface area (Å²) in [4.78, 5) is 13.6. The summed E-state index contributed by atoms with van der Waals surface area (Å²) in [6.45, 7) is 0.381. The molecule has 3 rings (SSSR count). The van der Waals surface area contributed by atoms with Crippen LogP contribution in [-0.4, -0.2) is 58.6 Å². The van der Waals surface area contributed by atoms with Crippen molar-refractivity contribution in [1.29, 1.82) is 0 Å². The number of nitrogens with zero attached hydrogens (tertiary/aromatic N) is 6. The molecule has 1 amide bonds. The summed E-state index contributed by atoms with van der Waals surface area (Å²) in [5.74, 6) is -0.642. The predicted molar refractivity (Wildman–Crippen MR) is 97.6 cm³/mol. The number of nitrogens with two attached hydrogens (primary N) is 1. The summed E-state index contributed by atoms with van der Waals surface area (Å²) in [5, 5.41) is 30.9. The molecule has 4 N–H and O–H groups in total. The monoisotopic (exact) mass is 401 g/mol. The molecular formula is C16H19N9O4. The molecule has 0 bridgehead atoms. The van der Waals surface area contributed by atoms with E-state index >= 15 is 0 Å². The Kier molecular flexibility index (Phi) is 5.69. The Bertz CT molecular complexity index is 1040. The summed E-state index contributed by atoms with van der Waals surface area (Å²) in [5.41, 5.74) is 8.77. The summed E-state index contributed by atoms with van der Waals surface area (Å²) < 4.78 is 10.8. The van der Waals surface area contributed by atoms with Crippen LogP contribution in [0, 0.1) is 0 Å². The fraction of sp³-hybridized carbons (Fsp3) is 0.250. The van der Waals surface area contributed by atoms with E-state index in [0.717, 1.165) is 4.90 Å². The molecule has 0 fully saturated rings. The molecule has 29 heavy (non-hydrogen) atoms. The smallest absolute Gasteiger partial charge is 0.294 e. The highest BCUT2D eigenvalue weighted by Gasteiger charge is 2.25. The molecular weight excluding hydrogens is 382 g/mol. The number of nitrogen functional groups attached to an aromatic ring is 1. The van der Waals surface area contributed by atoms with Crippen molar-refractivity contribution >= 4 is 17.9 Å². The zero-order valence-electron chi connectivity index (χ0n) is 15.9. The van der Waals surface area contributed by atoms with E-state index < -0.39 is 5.91 Å². The van der Waals surface area contributed by atoms with Crippen molar-refractivity contribution in [3.05, 3.63) is 35.2 Å². The van der Waals surface area contributed by atoms with Crippen LogP contribution in [0.25, 0.3) is 5.82 Å². The Morgan fingerprint density at radius 2 is 2.24 bits per heavy atom. The van der Waals surface area contributed by atoms with Gasteiger partial charge in [-0.05, 0) is 21.9 Å². The van der Waals surface area contributed by atoms with E-state index in [1.807, 2.05) is 14.1 Å². The lowest BCUT2D eigenvalue weighted by atomic mass is 10.2. The first-order valence-corrected chi connectivity index (χ1v) is 8.41. The molecule has 0 radical (unpaired) electrons. The number of carbonyl (C=O) groups is 1. The number of methoxy groups -OCH3 is 1. The number of aromatic nitrogens is 5. The van der Waals surface area contributed by atoms with E-state index in [1.165, 1.54) is 24.1 Å². The topological polar surface area (TPSA) is 174 Å². The molecule has 3 aromatic rings. The van der Waals surface area contributed by atoms with Gasteiger partial charge >= 0.3 is 0 Å². The second kappa shape index (κ2) is 8.35. The molecule has 1 aromatic carbocycles. The van der Waals surface area contributed by atoms with Crippen LogP contribution < -0.4 is 25.9 Å². The summed E-state index contributed by atoms with van der Waals surface area (Å²) in [6.07, 6.45) is 1.23. The van der Waals surface area contributed by atoms with Crippen LogP contribution in [0.4, 0.5) is 5.82 Å². The van der Waals surface area contributed by atoms with Crippen molar-refractivity contribution in [1.82, 2.24) is 30.7 Å². The number of hydrogen-bond donors (Lipinski definition) is 3. The Labute approximate surface area is 164 Å². The van der Waals surface area contributed by atoms with Crippen LogP contribution in [0.15, 0.2) is 27.9 Å². The van der Waals surface area contributed by atoms with Crippen LogP contribution in [0.1, 0.15) is 21.7 Å². The Morgan fingerprint density at radius 1 is 1.45 bits per heavy atom. The number of amides is 1. The van der Waals surface area contributed by atoms with Gasteiger partial charge in [0.05, 0.1) is 27.4 Å². The first-order valence-electron chi connectivity index (χ1n) is 8.41. The molecule has 0 aliphatic heterocycles. The largest absolute Gasteiger partial charge is 0.870 e. The van der Waals surface area contributed by atoms with Crippen molar-refractivity contribution < 1.29 is 24.2 Å². The highest BCUT2D eigenvalue weighted by Crippen LogP contribution is 2.25. The summed E-state index contributed by atoms with van der Waals surface area (Å²) in [6, 6.07) is 4.73. The van der Waals surface area contributed by atoms with E-state index in [9.17, 15) is 9.90 Å². The number of para-hydroxylation sites is 1. The molecule has 0 saturated carbocycles. The lowest BCUT2D eigenvalue weighted by Crippen LogP contribution is -3.04. The van der Waals surface area contributed by atoms with Crippen LogP contribution in [0.2, 0.25) is 0 Å². The number of hydrazone groups is 1. The van der Waals surface area contributed by atoms with E-state index in [4.69, 9.17) is 10.5 Å². The van der Waals surface area contributed by atoms with Crippen LogP contribution in [-0.2, 0) is 6.54 Å². The maximum absolute atomic E-state index is 12.6. The minimum atomic E-state index is -0.617. The third-order valence-electron chi connectivity index (χ3n) is 3.79. The number of carbonyl (C=O) groups excluding carboxylic acids is 1. The highest BCUT2D eigenvalue weighted by atomic mass is 16.6.